The summed E-state index contributed by atoms with van der Waals surface area (Å²) in [4.78, 5) is 25.4. The van der Waals surface area contributed by atoms with Gasteiger partial charge in [0.05, 0.1) is 17.1 Å². The van der Waals surface area contributed by atoms with Crippen LogP contribution in [0.15, 0.2) is 18.2 Å². The van der Waals surface area contributed by atoms with Gasteiger partial charge in [0, 0.05) is 19.2 Å². The van der Waals surface area contributed by atoms with E-state index in [-0.39, 0.29) is 30.5 Å². The largest absolute Gasteiger partial charge is 0.417 e. The zero-order valence-corrected chi connectivity index (χ0v) is 16.3. The predicted octanol–water partition coefficient (Wildman–Crippen LogP) is 3.57. The van der Waals surface area contributed by atoms with Gasteiger partial charge < -0.3 is 15.5 Å². The Morgan fingerprint density at radius 3 is 2.67 bits per heavy atom. The van der Waals surface area contributed by atoms with E-state index in [1.807, 2.05) is 0 Å². The Morgan fingerprint density at radius 2 is 2.07 bits per heavy atom. The van der Waals surface area contributed by atoms with Crippen molar-refractivity contribution in [3.05, 3.63) is 28.8 Å². The van der Waals surface area contributed by atoms with E-state index in [0.717, 1.165) is 38.1 Å². The van der Waals surface area contributed by atoms with Crippen molar-refractivity contribution in [2.75, 3.05) is 32.0 Å². The lowest BCUT2D eigenvalue weighted by atomic mass is 10.0. The number of hydrogen-bond donors (Lipinski definition) is 2. The van der Waals surface area contributed by atoms with Crippen molar-refractivity contribution in [1.29, 1.82) is 0 Å². The van der Waals surface area contributed by atoms with E-state index in [1.54, 1.807) is 0 Å². The standard InChI is InChI=1S/C17H21ClF3N3O2.ClH/c1-24(16(26)5-2-11-6-7-22-9-11)10-15(25)23-12-3-4-14(18)13(8-12)17(19,20)21;/h3-4,8,11,22H,2,5-7,9-10H2,1H3,(H,23,25);1H. The minimum absolute atomic E-state index is 0. The molecule has 1 aromatic rings. The van der Waals surface area contributed by atoms with Crippen molar-refractivity contribution in [2.45, 2.75) is 25.4 Å². The molecule has 0 bridgehead atoms. The molecular weight excluding hydrogens is 406 g/mol. The molecule has 1 fully saturated rings. The van der Waals surface area contributed by atoms with Crippen LogP contribution in [0.3, 0.4) is 0 Å². The highest BCUT2D eigenvalue weighted by atomic mass is 35.5. The second-order valence-corrected chi connectivity index (χ2v) is 6.80. The molecule has 0 saturated carbocycles. The Labute approximate surface area is 167 Å². The molecular formula is C17H22Cl2F3N3O2. The summed E-state index contributed by atoms with van der Waals surface area (Å²) in [6, 6.07) is 3.13. The van der Waals surface area contributed by atoms with Crippen molar-refractivity contribution in [3.8, 4) is 0 Å². The van der Waals surface area contributed by atoms with Crippen LogP contribution in [0.1, 0.15) is 24.8 Å². The molecule has 0 spiro atoms. The Bertz CT molecular complexity index is 665. The first-order valence-corrected chi connectivity index (χ1v) is 8.66. The number of halogens is 5. The lowest BCUT2D eigenvalue weighted by Gasteiger charge is -2.18. The number of anilines is 1. The lowest BCUT2D eigenvalue weighted by Crippen LogP contribution is -2.35. The molecule has 0 radical (unpaired) electrons. The molecule has 2 rings (SSSR count). The number of carbonyl (C=O) groups excluding carboxylic acids is 2. The van der Waals surface area contributed by atoms with Gasteiger partial charge >= 0.3 is 6.18 Å². The van der Waals surface area contributed by atoms with Crippen molar-refractivity contribution in [1.82, 2.24) is 10.2 Å². The van der Waals surface area contributed by atoms with Crippen LogP contribution >= 0.6 is 24.0 Å². The van der Waals surface area contributed by atoms with Gasteiger partial charge in [-0.1, -0.05) is 11.6 Å². The highest BCUT2D eigenvalue weighted by Crippen LogP contribution is 2.36. The van der Waals surface area contributed by atoms with Gasteiger partial charge in [0.25, 0.3) is 0 Å². The summed E-state index contributed by atoms with van der Waals surface area (Å²) in [5.74, 6) is -0.269. The van der Waals surface area contributed by atoms with Gasteiger partial charge in [-0.2, -0.15) is 13.2 Å². The number of likely N-dealkylation sites (N-methyl/N-ethyl adjacent to an activating group) is 1. The van der Waals surface area contributed by atoms with E-state index >= 15 is 0 Å². The maximum atomic E-state index is 12.8. The zero-order chi connectivity index (χ0) is 19.3. The molecule has 152 valence electrons. The first kappa shape index (κ1) is 23.5. The monoisotopic (exact) mass is 427 g/mol. The molecule has 1 heterocycles. The SMILES string of the molecule is CN(CC(=O)Nc1ccc(Cl)c(C(F)(F)F)c1)C(=O)CCC1CCNC1.Cl. The maximum Gasteiger partial charge on any atom is 0.417 e. The molecule has 1 aliphatic heterocycles. The Kier molecular flexibility index (Phi) is 8.84. The third-order valence-electron chi connectivity index (χ3n) is 4.29. The van der Waals surface area contributed by atoms with Crippen LogP contribution in [-0.2, 0) is 15.8 Å². The fourth-order valence-corrected chi connectivity index (χ4v) is 3.03. The van der Waals surface area contributed by atoms with E-state index in [2.05, 4.69) is 10.6 Å². The van der Waals surface area contributed by atoms with Crippen LogP contribution in [0.2, 0.25) is 5.02 Å². The van der Waals surface area contributed by atoms with Crippen LogP contribution in [0, 0.1) is 5.92 Å². The molecule has 0 aromatic heterocycles. The Morgan fingerprint density at radius 1 is 1.37 bits per heavy atom. The fraction of sp³-hybridized carbons (Fsp3) is 0.529. The van der Waals surface area contributed by atoms with E-state index < -0.39 is 22.7 Å². The number of nitrogens with zero attached hydrogens (tertiary/aromatic N) is 1. The number of nitrogens with one attached hydrogen (secondary N) is 2. The number of benzene rings is 1. The fourth-order valence-electron chi connectivity index (χ4n) is 2.80. The van der Waals surface area contributed by atoms with Crippen molar-refractivity contribution in [2.24, 2.45) is 5.92 Å². The highest BCUT2D eigenvalue weighted by Gasteiger charge is 2.33. The first-order valence-electron chi connectivity index (χ1n) is 8.28. The molecule has 1 aliphatic rings. The molecule has 5 nitrogen and oxygen atoms in total. The molecule has 10 heteroatoms. The molecule has 2 N–H and O–H groups in total. The number of carbonyl (C=O) groups is 2. The van der Waals surface area contributed by atoms with Gasteiger partial charge in [0.15, 0.2) is 0 Å². The van der Waals surface area contributed by atoms with E-state index in [4.69, 9.17) is 11.6 Å². The third-order valence-corrected chi connectivity index (χ3v) is 4.62. The van der Waals surface area contributed by atoms with Crippen LogP contribution < -0.4 is 10.6 Å². The van der Waals surface area contributed by atoms with Gasteiger partial charge in [0.2, 0.25) is 11.8 Å². The summed E-state index contributed by atoms with van der Waals surface area (Å²) in [7, 11) is 1.50. The molecule has 2 amide bonds. The zero-order valence-electron chi connectivity index (χ0n) is 14.7. The summed E-state index contributed by atoms with van der Waals surface area (Å²) in [5, 5.41) is 5.15. The first-order chi connectivity index (χ1) is 12.2. The number of amides is 2. The lowest BCUT2D eigenvalue weighted by molar-refractivity contribution is -0.137. The summed E-state index contributed by atoms with van der Waals surface area (Å²) in [6.45, 7) is 1.62. The minimum atomic E-state index is -4.61. The van der Waals surface area contributed by atoms with Gasteiger partial charge in [-0.3, -0.25) is 9.59 Å². The van der Waals surface area contributed by atoms with Crippen LogP contribution in [0.4, 0.5) is 18.9 Å². The molecule has 1 aromatic carbocycles. The predicted molar refractivity (Wildman–Crippen MR) is 100 cm³/mol. The molecule has 0 aliphatic carbocycles. The molecule has 1 unspecified atom stereocenters. The highest BCUT2D eigenvalue weighted by molar-refractivity contribution is 6.31. The van der Waals surface area contributed by atoms with Crippen molar-refractivity contribution < 1.29 is 22.8 Å². The van der Waals surface area contributed by atoms with Crippen LogP contribution in [0.5, 0.6) is 0 Å². The maximum absolute atomic E-state index is 12.8. The average Bonchev–Trinajstić information content (AvgIpc) is 3.06. The van der Waals surface area contributed by atoms with E-state index in [1.165, 1.54) is 18.0 Å². The van der Waals surface area contributed by atoms with Gasteiger partial charge in [-0.05, 0) is 50.0 Å². The smallest absolute Gasteiger partial charge is 0.336 e. The van der Waals surface area contributed by atoms with Crippen molar-refractivity contribution >= 4 is 41.5 Å². The second kappa shape index (κ2) is 10.1. The summed E-state index contributed by atoms with van der Waals surface area (Å²) in [5.41, 5.74) is -1.05. The average molecular weight is 428 g/mol. The number of rotatable bonds is 6. The summed E-state index contributed by atoms with van der Waals surface area (Å²) in [6.07, 6.45) is -2.48. The number of alkyl halides is 3. The van der Waals surface area contributed by atoms with Crippen LogP contribution in [-0.4, -0.2) is 43.4 Å². The quantitative estimate of drug-likeness (QED) is 0.729. The van der Waals surface area contributed by atoms with Gasteiger partial charge in [-0.25, -0.2) is 0 Å². The Balaban J connectivity index is 0.00000364. The minimum Gasteiger partial charge on any atom is -0.336 e. The number of hydrogen-bond acceptors (Lipinski definition) is 3. The summed E-state index contributed by atoms with van der Waals surface area (Å²) >= 11 is 5.54. The Hall–Kier alpha value is -1.51. The van der Waals surface area contributed by atoms with Gasteiger partial charge in [0.1, 0.15) is 0 Å². The van der Waals surface area contributed by atoms with E-state index in [0.29, 0.717) is 12.3 Å². The van der Waals surface area contributed by atoms with Gasteiger partial charge in [-0.15, -0.1) is 12.4 Å². The summed E-state index contributed by atoms with van der Waals surface area (Å²) < 4.78 is 38.5. The normalized spacial score (nSPS) is 16.6. The van der Waals surface area contributed by atoms with E-state index in [9.17, 15) is 22.8 Å². The second-order valence-electron chi connectivity index (χ2n) is 6.39. The topological polar surface area (TPSA) is 61.4 Å². The molecule has 27 heavy (non-hydrogen) atoms. The molecule has 1 saturated heterocycles. The van der Waals surface area contributed by atoms with Crippen LogP contribution in [0.25, 0.3) is 0 Å². The third kappa shape index (κ3) is 7.20. The molecule has 1 atom stereocenters. The van der Waals surface area contributed by atoms with Crippen molar-refractivity contribution in [3.63, 3.8) is 0 Å².